The second-order valence-corrected chi connectivity index (χ2v) is 7.76. The van der Waals surface area contributed by atoms with E-state index in [4.69, 9.17) is 14.9 Å². The Morgan fingerprint density at radius 1 is 0.750 bits per heavy atom. The summed E-state index contributed by atoms with van der Waals surface area (Å²) in [6.45, 7) is -0.527. The monoisotopic (exact) mass is 462 g/mol. The molecule has 11 nitrogen and oxygen atoms in total. The molecule has 1 rings (SSSR count). The van der Waals surface area contributed by atoms with Gasteiger partial charge in [0.2, 0.25) is 0 Å². The predicted octanol–water partition coefficient (Wildman–Crippen LogP) is -2.15. The SMILES string of the molecule is OCCCO[C@@H](CO)[C@@H](O)Cc1cnc([C@H](CCCO)[C@H](O)[C@@H](O)C(O)CCCO)cn1. The standard InChI is InChI=1S/C21H38N2O9/c24-6-1-4-15(20(30)21(31)17(28)5-2-7-25)16-12-22-14(11-23-16)10-18(29)19(13-27)32-9-3-8-26/h11-12,15,17-21,24-31H,1-10,13H2/t15-,17?,18-,19-,20-,21-/m0/s1. The van der Waals surface area contributed by atoms with Gasteiger partial charge in [-0.15, -0.1) is 0 Å². The quantitative estimate of drug-likeness (QED) is 0.111. The molecule has 0 aliphatic heterocycles. The second-order valence-electron chi connectivity index (χ2n) is 7.76. The number of hydrogen-bond donors (Lipinski definition) is 8. The summed E-state index contributed by atoms with van der Waals surface area (Å²) in [6.07, 6.45) is -1.63. The lowest BCUT2D eigenvalue weighted by Gasteiger charge is -2.29. The highest BCUT2D eigenvalue weighted by Gasteiger charge is 2.33. The molecule has 11 heteroatoms. The van der Waals surface area contributed by atoms with Gasteiger partial charge in [0.05, 0.1) is 36.3 Å². The normalized spacial score (nSPS) is 17.5. The topological polar surface area (TPSA) is 197 Å². The summed E-state index contributed by atoms with van der Waals surface area (Å²) in [5.41, 5.74) is 0.778. The Morgan fingerprint density at radius 3 is 1.97 bits per heavy atom. The van der Waals surface area contributed by atoms with Gasteiger partial charge in [0.25, 0.3) is 0 Å². The van der Waals surface area contributed by atoms with Gasteiger partial charge in [-0.2, -0.15) is 0 Å². The van der Waals surface area contributed by atoms with E-state index in [-0.39, 0.29) is 45.7 Å². The van der Waals surface area contributed by atoms with Crippen molar-refractivity contribution in [2.45, 2.75) is 75.0 Å². The van der Waals surface area contributed by atoms with Crippen molar-refractivity contribution in [2.75, 3.05) is 33.0 Å². The average Bonchev–Trinajstić information content (AvgIpc) is 2.80. The van der Waals surface area contributed by atoms with E-state index in [0.29, 0.717) is 30.7 Å². The van der Waals surface area contributed by atoms with Gasteiger partial charge in [-0.1, -0.05) is 0 Å². The van der Waals surface area contributed by atoms with Gasteiger partial charge in [0.1, 0.15) is 12.2 Å². The van der Waals surface area contributed by atoms with Crippen LogP contribution in [0.4, 0.5) is 0 Å². The van der Waals surface area contributed by atoms with Gasteiger partial charge in [0.15, 0.2) is 0 Å². The Balaban J connectivity index is 2.84. The van der Waals surface area contributed by atoms with E-state index in [9.17, 15) is 30.6 Å². The van der Waals surface area contributed by atoms with Crippen LogP contribution in [0.15, 0.2) is 12.4 Å². The van der Waals surface area contributed by atoms with Gasteiger partial charge in [-0.25, -0.2) is 0 Å². The van der Waals surface area contributed by atoms with Gasteiger partial charge in [0, 0.05) is 51.2 Å². The third-order valence-electron chi connectivity index (χ3n) is 5.25. The fraction of sp³-hybridized carbons (Fsp3) is 0.810. The van der Waals surface area contributed by atoms with Crippen LogP contribution in [0.1, 0.15) is 49.4 Å². The molecular weight excluding hydrogens is 424 g/mol. The molecule has 0 saturated heterocycles. The van der Waals surface area contributed by atoms with Gasteiger partial charge < -0.3 is 45.6 Å². The highest BCUT2D eigenvalue weighted by molar-refractivity contribution is 5.11. The van der Waals surface area contributed by atoms with E-state index in [2.05, 4.69) is 9.97 Å². The summed E-state index contributed by atoms with van der Waals surface area (Å²) >= 11 is 0. The Labute approximate surface area is 188 Å². The lowest BCUT2D eigenvalue weighted by Crippen LogP contribution is -2.41. The van der Waals surface area contributed by atoms with Crippen LogP contribution in [-0.4, -0.2) is 114 Å². The molecule has 1 heterocycles. The predicted molar refractivity (Wildman–Crippen MR) is 114 cm³/mol. The number of hydrogen-bond acceptors (Lipinski definition) is 11. The molecule has 0 aliphatic carbocycles. The van der Waals surface area contributed by atoms with Crippen LogP contribution in [0.5, 0.6) is 0 Å². The smallest absolute Gasteiger partial charge is 0.107 e. The van der Waals surface area contributed by atoms with Crippen molar-refractivity contribution in [3.63, 3.8) is 0 Å². The molecule has 0 saturated carbocycles. The number of aromatic nitrogens is 2. The van der Waals surface area contributed by atoms with Crippen LogP contribution < -0.4 is 0 Å². The first-order valence-corrected chi connectivity index (χ1v) is 11.0. The lowest BCUT2D eigenvalue weighted by atomic mass is 9.87. The summed E-state index contributed by atoms with van der Waals surface area (Å²) in [6, 6.07) is 0. The third kappa shape index (κ3) is 9.69. The molecule has 6 atom stereocenters. The zero-order chi connectivity index (χ0) is 23.9. The number of ether oxygens (including phenoxy) is 1. The van der Waals surface area contributed by atoms with Crippen LogP contribution in [-0.2, 0) is 11.2 Å². The minimum absolute atomic E-state index is 0.0579. The molecule has 1 aromatic rings. The molecule has 8 N–H and O–H groups in total. The maximum atomic E-state index is 10.6. The Bertz CT molecular complexity index is 593. The van der Waals surface area contributed by atoms with E-state index in [1.54, 1.807) is 0 Å². The van der Waals surface area contributed by atoms with E-state index >= 15 is 0 Å². The Hall–Kier alpha value is -1.28. The van der Waals surface area contributed by atoms with Gasteiger partial charge >= 0.3 is 0 Å². The van der Waals surface area contributed by atoms with Crippen molar-refractivity contribution in [3.05, 3.63) is 23.8 Å². The third-order valence-corrected chi connectivity index (χ3v) is 5.25. The van der Waals surface area contributed by atoms with Crippen molar-refractivity contribution >= 4 is 0 Å². The molecule has 1 aromatic heterocycles. The maximum Gasteiger partial charge on any atom is 0.107 e. The lowest BCUT2D eigenvalue weighted by molar-refractivity contribution is -0.0741. The molecule has 32 heavy (non-hydrogen) atoms. The summed E-state index contributed by atoms with van der Waals surface area (Å²) in [5.74, 6) is -0.695. The van der Waals surface area contributed by atoms with Crippen LogP contribution in [0, 0.1) is 0 Å². The highest BCUT2D eigenvalue weighted by Crippen LogP contribution is 2.27. The molecule has 0 spiro atoms. The fourth-order valence-corrected chi connectivity index (χ4v) is 3.33. The fourth-order valence-electron chi connectivity index (χ4n) is 3.33. The number of nitrogens with zero attached hydrogens (tertiary/aromatic N) is 2. The Morgan fingerprint density at radius 2 is 1.41 bits per heavy atom. The van der Waals surface area contributed by atoms with Crippen LogP contribution in [0.3, 0.4) is 0 Å². The van der Waals surface area contributed by atoms with Gasteiger partial charge in [-0.05, 0) is 32.1 Å². The molecule has 0 amide bonds. The van der Waals surface area contributed by atoms with E-state index in [1.807, 2.05) is 0 Å². The minimum atomic E-state index is -1.46. The second kappa shape index (κ2) is 16.4. The van der Waals surface area contributed by atoms with Crippen LogP contribution >= 0.6 is 0 Å². The number of rotatable bonds is 18. The number of aliphatic hydroxyl groups excluding tert-OH is 8. The molecule has 186 valence electrons. The largest absolute Gasteiger partial charge is 0.396 e. The van der Waals surface area contributed by atoms with Crippen LogP contribution in [0.2, 0.25) is 0 Å². The maximum absolute atomic E-state index is 10.6. The molecule has 0 aliphatic rings. The summed E-state index contributed by atoms with van der Waals surface area (Å²) in [4.78, 5) is 8.53. The van der Waals surface area contributed by atoms with E-state index < -0.39 is 43.0 Å². The summed E-state index contributed by atoms with van der Waals surface area (Å²) in [7, 11) is 0. The van der Waals surface area contributed by atoms with Crippen molar-refractivity contribution in [3.8, 4) is 0 Å². The van der Waals surface area contributed by atoms with Crippen molar-refractivity contribution < 1.29 is 45.6 Å². The molecule has 0 fully saturated rings. The Kier molecular flexibility index (Phi) is 14.7. The minimum Gasteiger partial charge on any atom is -0.396 e. The van der Waals surface area contributed by atoms with E-state index in [1.165, 1.54) is 12.4 Å². The zero-order valence-corrected chi connectivity index (χ0v) is 18.3. The van der Waals surface area contributed by atoms with Gasteiger partial charge in [-0.3, -0.25) is 9.97 Å². The first kappa shape index (κ1) is 28.8. The van der Waals surface area contributed by atoms with Crippen molar-refractivity contribution in [1.29, 1.82) is 0 Å². The summed E-state index contributed by atoms with van der Waals surface area (Å²) < 4.78 is 5.35. The number of aliphatic hydroxyl groups is 8. The first-order valence-electron chi connectivity index (χ1n) is 11.0. The van der Waals surface area contributed by atoms with Crippen molar-refractivity contribution in [2.24, 2.45) is 0 Å². The summed E-state index contributed by atoms with van der Waals surface area (Å²) in [5, 5.41) is 77.5. The van der Waals surface area contributed by atoms with E-state index in [0.717, 1.165) is 0 Å². The molecular formula is C21H38N2O9. The first-order chi connectivity index (χ1) is 15.4. The van der Waals surface area contributed by atoms with Crippen molar-refractivity contribution in [1.82, 2.24) is 9.97 Å². The molecule has 1 unspecified atom stereocenters. The molecule has 0 radical (unpaired) electrons. The van der Waals surface area contributed by atoms with Crippen LogP contribution in [0.25, 0.3) is 0 Å². The molecule has 0 bridgehead atoms. The molecule has 0 aromatic carbocycles. The highest BCUT2D eigenvalue weighted by atomic mass is 16.5. The average molecular weight is 463 g/mol. The zero-order valence-electron chi connectivity index (χ0n) is 18.3.